The van der Waals surface area contributed by atoms with E-state index in [1.807, 2.05) is 36.0 Å². The summed E-state index contributed by atoms with van der Waals surface area (Å²) in [6.45, 7) is -0.133. The van der Waals surface area contributed by atoms with Gasteiger partial charge in [-0.15, -0.1) is 0 Å². The Morgan fingerprint density at radius 2 is 1.96 bits per heavy atom. The highest BCUT2D eigenvalue weighted by Gasteiger charge is 2.19. The lowest BCUT2D eigenvalue weighted by molar-refractivity contribution is 0.182. The second-order valence-corrected chi connectivity index (χ2v) is 7.69. The highest BCUT2D eigenvalue weighted by Crippen LogP contribution is 2.23. The van der Waals surface area contributed by atoms with Crippen LogP contribution in [0, 0.1) is 0 Å². The molecule has 5 nitrogen and oxygen atoms in total. The van der Waals surface area contributed by atoms with Crippen molar-refractivity contribution in [3.05, 3.63) is 65.3 Å². The van der Waals surface area contributed by atoms with Crippen molar-refractivity contribution >= 4 is 32.5 Å². The molecule has 1 atom stereocenters. The number of sulfonamides is 1. The number of nitrogens with zero attached hydrogens (tertiary/aromatic N) is 1. The standard InChI is InChI=1S/C17H17ClN2O3S/c1-20-9-8-12-10-13(6-7-15(12)20)16(21)11-19-24(22,23)17-5-3-2-4-14(17)18/h2-10,16,19,21H,11H2,1H3. The summed E-state index contributed by atoms with van der Waals surface area (Å²) in [6.07, 6.45) is 0.980. The molecule has 0 saturated carbocycles. The van der Waals surface area contributed by atoms with E-state index in [2.05, 4.69) is 4.72 Å². The number of aliphatic hydroxyl groups is 1. The molecule has 0 aliphatic rings. The Labute approximate surface area is 145 Å². The fraction of sp³-hybridized carbons (Fsp3) is 0.176. The first kappa shape index (κ1) is 17.0. The van der Waals surface area contributed by atoms with Gasteiger partial charge in [-0.1, -0.05) is 29.8 Å². The number of nitrogens with one attached hydrogen (secondary N) is 1. The lowest BCUT2D eigenvalue weighted by Crippen LogP contribution is -2.28. The molecule has 1 aromatic heterocycles. The molecule has 3 aromatic rings. The van der Waals surface area contributed by atoms with E-state index in [9.17, 15) is 13.5 Å². The zero-order valence-corrected chi connectivity index (χ0v) is 14.6. The SMILES string of the molecule is Cn1ccc2cc(C(O)CNS(=O)(=O)c3ccccc3Cl)ccc21. The van der Waals surface area contributed by atoms with Gasteiger partial charge in [0.05, 0.1) is 11.1 Å². The van der Waals surface area contributed by atoms with Gasteiger partial charge in [-0.3, -0.25) is 0 Å². The molecule has 3 rings (SSSR count). The molecular formula is C17H17ClN2O3S. The minimum absolute atomic E-state index is 0.00243. The Morgan fingerprint density at radius 3 is 2.71 bits per heavy atom. The lowest BCUT2D eigenvalue weighted by atomic mass is 10.1. The number of aliphatic hydroxyl groups excluding tert-OH is 1. The Bertz CT molecular complexity index is 982. The highest BCUT2D eigenvalue weighted by molar-refractivity contribution is 7.89. The summed E-state index contributed by atoms with van der Waals surface area (Å²) in [6, 6.07) is 13.7. The van der Waals surface area contributed by atoms with Crippen LogP contribution < -0.4 is 4.72 Å². The molecule has 1 unspecified atom stereocenters. The number of rotatable bonds is 5. The summed E-state index contributed by atoms with van der Waals surface area (Å²) in [5.41, 5.74) is 1.69. The number of hydrogen-bond donors (Lipinski definition) is 2. The van der Waals surface area contributed by atoms with Crippen molar-refractivity contribution in [1.29, 1.82) is 0 Å². The molecule has 0 aliphatic heterocycles. The summed E-state index contributed by atoms with van der Waals surface area (Å²) in [4.78, 5) is -0.00243. The van der Waals surface area contributed by atoms with E-state index < -0.39 is 16.1 Å². The van der Waals surface area contributed by atoms with Gasteiger partial charge in [0.25, 0.3) is 0 Å². The van der Waals surface area contributed by atoms with Crippen molar-refractivity contribution < 1.29 is 13.5 Å². The summed E-state index contributed by atoms with van der Waals surface area (Å²) in [5.74, 6) is 0. The topological polar surface area (TPSA) is 71.3 Å². The molecule has 0 spiro atoms. The fourth-order valence-corrected chi connectivity index (χ4v) is 4.11. The van der Waals surface area contributed by atoms with Crippen LogP contribution in [0.15, 0.2) is 59.6 Å². The Morgan fingerprint density at radius 1 is 1.21 bits per heavy atom. The van der Waals surface area contributed by atoms with Crippen LogP contribution in [0.25, 0.3) is 10.9 Å². The molecular weight excluding hydrogens is 348 g/mol. The van der Waals surface area contributed by atoms with Gasteiger partial charge < -0.3 is 9.67 Å². The van der Waals surface area contributed by atoms with E-state index >= 15 is 0 Å². The molecule has 0 saturated heterocycles. The van der Waals surface area contributed by atoms with E-state index in [0.717, 1.165) is 10.9 Å². The largest absolute Gasteiger partial charge is 0.387 e. The van der Waals surface area contributed by atoms with E-state index in [0.29, 0.717) is 5.56 Å². The monoisotopic (exact) mass is 364 g/mol. The van der Waals surface area contributed by atoms with E-state index in [4.69, 9.17) is 11.6 Å². The molecule has 0 fully saturated rings. The zero-order chi connectivity index (χ0) is 17.3. The molecule has 0 bridgehead atoms. The molecule has 24 heavy (non-hydrogen) atoms. The van der Waals surface area contributed by atoms with Crippen LogP contribution >= 0.6 is 11.6 Å². The van der Waals surface area contributed by atoms with Gasteiger partial charge in [0.1, 0.15) is 4.90 Å². The minimum atomic E-state index is -3.78. The Kier molecular flexibility index (Phi) is 4.64. The summed E-state index contributed by atoms with van der Waals surface area (Å²) in [5, 5.41) is 11.4. The minimum Gasteiger partial charge on any atom is -0.387 e. The Hall–Kier alpha value is -1.86. The number of hydrogen-bond acceptors (Lipinski definition) is 3. The normalized spacial score (nSPS) is 13.3. The van der Waals surface area contributed by atoms with Crippen molar-refractivity contribution in [3.8, 4) is 0 Å². The molecule has 0 radical (unpaired) electrons. The van der Waals surface area contributed by atoms with Crippen LogP contribution in [-0.4, -0.2) is 24.6 Å². The lowest BCUT2D eigenvalue weighted by Gasteiger charge is -2.13. The first-order chi connectivity index (χ1) is 11.4. The predicted molar refractivity (Wildman–Crippen MR) is 94.5 cm³/mol. The van der Waals surface area contributed by atoms with E-state index in [1.54, 1.807) is 18.2 Å². The molecule has 2 N–H and O–H groups in total. The number of fused-ring (bicyclic) bond motifs is 1. The second kappa shape index (κ2) is 6.57. The molecule has 7 heteroatoms. The Balaban J connectivity index is 1.76. The van der Waals surface area contributed by atoms with E-state index in [1.165, 1.54) is 12.1 Å². The maximum Gasteiger partial charge on any atom is 0.242 e. The van der Waals surface area contributed by atoms with Gasteiger partial charge in [-0.05, 0) is 41.3 Å². The van der Waals surface area contributed by atoms with Crippen LogP contribution in [0.2, 0.25) is 5.02 Å². The fourth-order valence-electron chi connectivity index (χ4n) is 2.55. The maximum atomic E-state index is 12.3. The first-order valence-corrected chi connectivity index (χ1v) is 9.22. The molecule has 1 heterocycles. The summed E-state index contributed by atoms with van der Waals surface area (Å²) >= 11 is 5.92. The number of aryl methyl sites for hydroxylation is 1. The zero-order valence-electron chi connectivity index (χ0n) is 13.0. The second-order valence-electron chi connectivity index (χ2n) is 5.54. The van der Waals surface area contributed by atoms with Gasteiger partial charge in [0.2, 0.25) is 10.0 Å². The van der Waals surface area contributed by atoms with Gasteiger partial charge in [-0.2, -0.15) is 0 Å². The van der Waals surface area contributed by atoms with Crippen LogP contribution in [-0.2, 0) is 17.1 Å². The van der Waals surface area contributed by atoms with Gasteiger partial charge in [0.15, 0.2) is 0 Å². The summed E-state index contributed by atoms with van der Waals surface area (Å²) in [7, 11) is -1.84. The molecule has 2 aromatic carbocycles. The average molecular weight is 365 g/mol. The van der Waals surface area contributed by atoms with Crippen molar-refractivity contribution in [1.82, 2.24) is 9.29 Å². The third-order valence-corrected chi connectivity index (χ3v) is 5.81. The summed E-state index contributed by atoms with van der Waals surface area (Å²) < 4.78 is 29.0. The van der Waals surface area contributed by atoms with Crippen molar-refractivity contribution in [2.45, 2.75) is 11.0 Å². The average Bonchev–Trinajstić information content (AvgIpc) is 2.93. The van der Waals surface area contributed by atoms with Gasteiger partial charge >= 0.3 is 0 Å². The van der Waals surface area contributed by atoms with Crippen molar-refractivity contribution in [2.75, 3.05) is 6.54 Å². The quantitative estimate of drug-likeness (QED) is 0.731. The maximum absolute atomic E-state index is 12.3. The molecule has 0 amide bonds. The van der Waals surface area contributed by atoms with E-state index in [-0.39, 0.29) is 16.5 Å². The molecule has 126 valence electrons. The number of benzene rings is 2. The van der Waals surface area contributed by atoms with Crippen LogP contribution in [0.4, 0.5) is 0 Å². The number of halogens is 1. The third-order valence-electron chi connectivity index (χ3n) is 3.89. The van der Waals surface area contributed by atoms with Crippen LogP contribution in [0.1, 0.15) is 11.7 Å². The van der Waals surface area contributed by atoms with Gasteiger partial charge in [-0.25, -0.2) is 13.1 Å². The highest BCUT2D eigenvalue weighted by atomic mass is 35.5. The van der Waals surface area contributed by atoms with Crippen LogP contribution in [0.5, 0.6) is 0 Å². The van der Waals surface area contributed by atoms with Gasteiger partial charge in [0, 0.05) is 25.3 Å². The van der Waals surface area contributed by atoms with Crippen molar-refractivity contribution in [3.63, 3.8) is 0 Å². The van der Waals surface area contributed by atoms with Crippen molar-refractivity contribution in [2.24, 2.45) is 7.05 Å². The first-order valence-electron chi connectivity index (χ1n) is 7.36. The third kappa shape index (κ3) is 3.32. The number of aromatic nitrogens is 1. The predicted octanol–water partition coefficient (Wildman–Crippen LogP) is 2.84. The van der Waals surface area contributed by atoms with Crippen LogP contribution in [0.3, 0.4) is 0 Å². The smallest absolute Gasteiger partial charge is 0.242 e. The molecule has 0 aliphatic carbocycles.